The molecule has 1 saturated heterocycles. The van der Waals surface area contributed by atoms with Gasteiger partial charge in [0.2, 0.25) is 0 Å². The maximum absolute atomic E-state index is 11.3. The molecule has 0 spiro atoms. The lowest BCUT2D eigenvalue weighted by Crippen LogP contribution is -2.49. The molecule has 0 unspecified atom stereocenters. The zero-order valence-corrected chi connectivity index (χ0v) is 9.48. The molecule has 2 aliphatic rings. The Kier molecular flexibility index (Phi) is 2.78. The van der Waals surface area contributed by atoms with Crippen LogP contribution in [0.2, 0.25) is 0 Å². The van der Waals surface area contributed by atoms with Crippen molar-refractivity contribution < 1.29 is 9.90 Å². The van der Waals surface area contributed by atoms with Gasteiger partial charge in [0.05, 0.1) is 5.41 Å². The Morgan fingerprint density at radius 2 is 1.93 bits per heavy atom. The lowest BCUT2D eigenvalue weighted by atomic mass is 9.55. The first-order chi connectivity index (χ1) is 6.65. The average Bonchev–Trinajstić information content (AvgIpc) is 2.13. The Bertz CT molecular complexity index is 227. The zero-order valence-electron chi connectivity index (χ0n) is 8.66. The molecular weight excluding hydrogens is 196 g/mol. The summed E-state index contributed by atoms with van der Waals surface area (Å²) < 4.78 is 0. The number of hydrogen-bond donors (Lipinski definition) is 1. The number of aliphatic carboxylic acids is 1. The summed E-state index contributed by atoms with van der Waals surface area (Å²) in [5.74, 6) is 2.87. The van der Waals surface area contributed by atoms with E-state index in [4.69, 9.17) is 0 Å². The predicted octanol–water partition coefficient (Wildman–Crippen LogP) is 2.63. The molecule has 0 atom stereocenters. The van der Waals surface area contributed by atoms with Gasteiger partial charge in [0.15, 0.2) is 0 Å². The number of carbonyl (C=O) groups is 1. The monoisotopic (exact) mass is 214 g/mol. The van der Waals surface area contributed by atoms with Crippen molar-refractivity contribution in [1.82, 2.24) is 0 Å². The van der Waals surface area contributed by atoms with Crippen molar-refractivity contribution in [3.63, 3.8) is 0 Å². The number of carboxylic acid groups (broad SMARTS) is 1. The lowest BCUT2D eigenvalue weighted by Gasteiger charge is -2.49. The maximum Gasteiger partial charge on any atom is 0.309 e. The molecular formula is C11H18O2S. The van der Waals surface area contributed by atoms with Crippen LogP contribution in [-0.4, -0.2) is 22.6 Å². The van der Waals surface area contributed by atoms with Crippen molar-refractivity contribution in [2.45, 2.75) is 32.6 Å². The van der Waals surface area contributed by atoms with Crippen LogP contribution in [0, 0.1) is 17.3 Å². The molecule has 14 heavy (non-hydrogen) atoms. The third kappa shape index (κ3) is 1.56. The SMILES string of the molecule is CC1CC(C(=O)O)(C2CCSCC2)C1. The summed E-state index contributed by atoms with van der Waals surface area (Å²) in [6.07, 6.45) is 4.06. The highest BCUT2D eigenvalue weighted by Crippen LogP contribution is 2.54. The average molecular weight is 214 g/mol. The molecule has 1 heterocycles. The van der Waals surface area contributed by atoms with E-state index in [1.54, 1.807) is 0 Å². The first-order valence-corrected chi connectivity index (χ1v) is 6.62. The number of rotatable bonds is 2. The number of hydrogen-bond acceptors (Lipinski definition) is 2. The minimum absolute atomic E-state index is 0.333. The molecule has 0 aromatic rings. The molecule has 0 amide bonds. The smallest absolute Gasteiger partial charge is 0.309 e. The molecule has 0 aromatic carbocycles. The minimum atomic E-state index is -0.535. The first-order valence-electron chi connectivity index (χ1n) is 5.46. The summed E-state index contributed by atoms with van der Waals surface area (Å²) in [6.45, 7) is 2.17. The maximum atomic E-state index is 11.3. The first kappa shape index (κ1) is 10.3. The van der Waals surface area contributed by atoms with Crippen LogP contribution in [0.25, 0.3) is 0 Å². The van der Waals surface area contributed by atoms with Crippen LogP contribution in [0.4, 0.5) is 0 Å². The third-order valence-electron chi connectivity index (χ3n) is 3.85. The van der Waals surface area contributed by atoms with Gasteiger partial charge in [-0.3, -0.25) is 4.79 Å². The minimum Gasteiger partial charge on any atom is -0.481 e. The van der Waals surface area contributed by atoms with Crippen molar-refractivity contribution in [1.29, 1.82) is 0 Å². The van der Waals surface area contributed by atoms with Crippen molar-refractivity contribution in [2.75, 3.05) is 11.5 Å². The van der Waals surface area contributed by atoms with E-state index in [0.717, 1.165) is 37.2 Å². The Balaban J connectivity index is 2.07. The fraction of sp³-hybridized carbons (Fsp3) is 0.909. The van der Waals surface area contributed by atoms with Crippen LogP contribution in [0.3, 0.4) is 0 Å². The van der Waals surface area contributed by atoms with Gasteiger partial charge in [0.25, 0.3) is 0 Å². The van der Waals surface area contributed by atoms with Gasteiger partial charge in [-0.2, -0.15) is 11.8 Å². The second-order valence-corrected chi connectivity index (χ2v) is 6.09. The molecule has 2 rings (SSSR count). The van der Waals surface area contributed by atoms with Crippen LogP contribution >= 0.6 is 11.8 Å². The molecule has 0 bridgehead atoms. The van der Waals surface area contributed by atoms with Gasteiger partial charge >= 0.3 is 5.97 Å². The van der Waals surface area contributed by atoms with E-state index in [9.17, 15) is 9.90 Å². The van der Waals surface area contributed by atoms with Gasteiger partial charge in [-0.25, -0.2) is 0 Å². The van der Waals surface area contributed by atoms with Gasteiger partial charge in [0.1, 0.15) is 0 Å². The van der Waals surface area contributed by atoms with Gasteiger partial charge < -0.3 is 5.11 Å². The van der Waals surface area contributed by atoms with Crippen LogP contribution < -0.4 is 0 Å². The Morgan fingerprint density at radius 1 is 1.36 bits per heavy atom. The molecule has 0 radical (unpaired) electrons. The van der Waals surface area contributed by atoms with E-state index >= 15 is 0 Å². The Hall–Kier alpha value is -0.180. The van der Waals surface area contributed by atoms with Crippen LogP contribution in [0.15, 0.2) is 0 Å². The molecule has 1 N–H and O–H groups in total. The van der Waals surface area contributed by atoms with Crippen molar-refractivity contribution >= 4 is 17.7 Å². The lowest BCUT2D eigenvalue weighted by molar-refractivity contribution is -0.164. The third-order valence-corrected chi connectivity index (χ3v) is 4.90. The second-order valence-electron chi connectivity index (χ2n) is 4.86. The van der Waals surface area contributed by atoms with Gasteiger partial charge in [0, 0.05) is 0 Å². The largest absolute Gasteiger partial charge is 0.481 e. The standard InChI is InChI=1S/C11H18O2S/c1-8-6-11(7-8,10(12)13)9-2-4-14-5-3-9/h8-9H,2-7H2,1H3,(H,12,13). The van der Waals surface area contributed by atoms with E-state index in [2.05, 4.69) is 6.92 Å². The summed E-state index contributed by atoms with van der Waals surface area (Å²) in [6, 6.07) is 0. The summed E-state index contributed by atoms with van der Waals surface area (Å²) >= 11 is 1.97. The van der Waals surface area contributed by atoms with Gasteiger partial charge in [-0.05, 0) is 49.0 Å². The van der Waals surface area contributed by atoms with E-state index in [-0.39, 0.29) is 5.41 Å². The number of carboxylic acids is 1. The molecule has 1 aliphatic heterocycles. The Labute approximate surface area is 89.5 Å². The normalized spacial score (nSPS) is 39.1. The fourth-order valence-corrected chi connectivity index (χ4v) is 4.22. The van der Waals surface area contributed by atoms with E-state index in [1.165, 1.54) is 0 Å². The van der Waals surface area contributed by atoms with Crippen molar-refractivity contribution in [2.24, 2.45) is 17.3 Å². The van der Waals surface area contributed by atoms with Gasteiger partial charge in [-0.15, -0.1) is 0 Å². The van der Waals surface area contributed by atoms with Gasteiger partial charge in [-0.1, -0.05) is 6.92 Å². The molecule has 1 aliphatic carbocycles. The van der Waals surface area contributed by atoms with Crippen LogP contribution in [-0.2, 0) is 4.79 Å². The molecule has 2 fully saturated rings. The number of thioether (sulfide) groups is 1. The Morgan fingerprint density at radius 3 is 2.36 bits per heavy atom. The predicted molar refractivity (Wildman–Crippen MR) is 58.5 cm³/mol. The van der Waals surface area contributed by atoms with E-state index in [1.807, 2.05) is 11.8 Å². The quantitative estimate of drug-likeness (QED) is 0.767. The second kappa shape index (κ2) is 3.76. The summed E-state index contributed by atoms with van der Waals surface area (Å²) in [5.41, 5.74) is -0.333. The van der Waals surface area contributed by atoms with Crippen molar-refractivity contribution in [3.8, 4) is 0 Å². The topological polar surface area (TPSA) is 37.3 Å². The summed E-state index contributed by atoms with van der Waals surface area (Å²) in [7, 11) is 0. The highest BCUT2D eigenvalue weighted by atomic mass is 32.2. The summed E-state index contributed by atoms with van der Waals surface area (Å²) in [5, 5.41) is 9.35. The fourth-order valence-electron chi connectivity index (χ4n) is 3.12. The molecule has 3 heteroatoms. The summed E-state index contributed by atoms with van der Waals surface area (Å²) in [4.78, 5) is 11.3. The molecule has 0 aromatic heterocycles. The molecule has 80 valence electrons. The molecule has 2 nitrogen and oxygen atoms in total. The van der Waals surface area contributed by atoms with Crippen LogP contribution in [0.1, 0.15) is 32.6 Å². The van der Waals surface area contributed by atoms with Crippen LogP contribution in [0.5, 0.6) is 0 Å². The highest BCUT2D eigenvalue weighted by Gasteiger charge is 2.53. The van der Waals surface area contributed by atoms with Crippen molar-refractivity contribution in [3.05, 3.63) is 0 Å². The highest BCUT2D eigenvalue weighted by molar-refractivity contribution is 7.99. The van der Waals surface area contributed by atoms with E-state index < -0.39 is 5.97 Å². The van der Waals surface area contributed by atoms with E-state index in [0.29, 0.717) is 11.8 Å². The molecule has 1 saturated carbocycles. The zero-order chi connectivity index (χ0) is 10.2.